The van der Waals surface area contributed by atoms with E-state index >= 15 is 0 Å². The van der Waals surface area contributed by atoms with Crippen molar-refractivity contribution in [2.24, 2.45) is 11.7 Å². The predicted molar refractivity (Wildman–Crippen MR) is 63.7 cm³/mol. The van der Waals surface area contributed by atoms with Gasteiger partial charge >= 0.3 is 0 Å². The molecule has 1 atom stereocenters. The summed E-state index contributed by atoms with van der Waals surface area (Å²) in [5, 5.41) is 3.87. The Labute approximate surface area is 101 Å². The fraction of sp³-hybridized carbons (Fsp3) is 0.667. The lowest BCUT2D eigenvalue weighted by atomic mass is 10.1. The number of aromatic nitrogens is 1. The first-order valence-corrected chi connectivity index (χ1v) is 6.11. The van der Waals surface area contributed by atoms with E-state index < -0.39 is 0 Å². The Morgan fingerprint density at radius 2 is 2.41 bits per heavy atom. The maximum Gasteiger partial charge on any atom is 0.259 e. The van der Waals surface area contributed by atoms with Crippen molar-refractivity contribution in [1.29, 1.82) is 0 Å². The van der Waals surface area contributed by atoms with Gasteiger partial charge in [0.2, 0.25) is 0 Å². The molecule has 2 N–H and O–H groups in total. The van der Waals surface area contributed by atoms with Crippen LogP contribution in [-0.4, -0.2) is 35.6 Å². The molecule has 1 amide bonds. The van der Waals surface area contributed by atoms with Crippen molar-refractivity contribution in [3.63, 3.8) is 0 Å². The van der Waals surface area contributed by atoms with E-state index in [1.807, 2.05) is 18.7 Å². The van der Waals surface area contributed by atoms with Crippen LogP contribution in [0.1, 0.15) is 35.2 Å². The summed E-state index contributed by atoms with van der Waals surface area (Å²) in [5.41, 5.74) is 6.96. The summed E-state index contributed by atoms with van der Waals surface area (Å²) in [6, 6.07) is 0. The van der Waals surface area contributed by atoms with Crippen LogP contribution in [0.25, 0.3) is 0 Å². The van der Waals surface area contributed by atoms with Gasteiger partial charge in [0.1, 0.15) is 11.3 Å². The number of likely N-dealkylation sites (tertiary alicyclic amines) is 1. The Morgan fingerprint density at radius 3 is 3.00 bits per heavy atom. The largest absolute Gasteiger partial charge is 0.360 e. The Morgan fingerprint density at radius 1 is 1.65 bits per heavy atom. The van der Waals surface area contributed by atoms with E-state index in [1.54, 1.807) is 0 Å². The van der Waals surface area contributed by atoms with E-state index in [0.29, 0.717) is 35.9 Å². The molecule has 1 saturated heterocycles. The number of aryl methyl sites for hydroxylation is 2. The highest BCUT2D eigenvalue weighted by atomic mass is 16.5. The summed E-state index contributed by atoms with van der Waals surface area (Å²) in [7, 11) is 0. The maximum absolute atomic E-state index is 12.4. The van der Waals surface area contributed by atoms with Crippen LogP contribution in [0.2, 0.25) is 0 Å². The summed E-state index contributed by atoms with van der Waals surface area (Å²) in [6.45, 7) is 5.96. The standard InChI is InChI=1S/C12H19N3O2/c1-3-10-11(8(2)14-17-10)12(16)15-5-4-9(6-13)7-15/h9H,3-7,13H2,1-2H3. The minimum atomic E-state index is 0.0385. The summed E-state index contributed by atoms with van der Waals surface area (Å²) in [6.07, 6.45) is 1.68. The highest BCUT2D eigenvalue weighted by molar-refractivity contribution is 5.96. The topological polar surface area (TPSA) is 72.4 Å². The van der Waals surface area contributed by atoms with Gasteiger partial charge in [0, 0.05) is 19.5 Å². The van der Waals surface area contributed by atoms with Crippen molar-refractivity contribution >= 4 is 5.91 Å². The monoisotopic (exact) mass is 237 g/mol. The second-order valence-corrected chi connectivity index (χ2v) is 4.56. The van der Waals surface area contributed by atoms with Gasteiger partial charge in [0.15, 0.2) is 0 Å². The molecular weight excluding hydrogens is 218 g/mol. The summed E-state index contributed by atoms with van der Waals surface area (Å²) in [4.78, 5) is 14.2. The van der Waals surface area contributed by atoms with Crippen LogP contribution in [0, 0.1) is 12.8 Å². The molecule has 2 rings (SSSR count). The first-order valence-electron chi connectivity index (χ1n) is 6.11. The van der Waals surface area contributed by atoms with E-state index in [1.165, 1.54) is 0 Å². The lowest BCUT2D eigenvalue weighted by Crippen LogP contribution is -2.30. The van der Waals surface area contributed by atoms with E-state index in [0.717, 1.165) is 19.5 Å². The highest BCUT2D eigenvalue weighted by Gasteiger charge is 2.29. The zero-order chi connectivity index (χ0) is 12.4. The Kier molecular flexibility index (Phi) is 3.47. The molecule has 0 aromatic carbocycles. The molecule has 0 radical (unpaired) electrons. The van der Waals surface area contributed by atoms with Crippen LogP contribution < -0.4 is 5.73 Å². The van der Waals surface area contributed by atoms with Gasteiger partial charge in [0.05, 0.1) is 5.69 Å². The Balaban J connectivity index is 2.17. The van der Waals surface area contributed by atoms with Gasteiger partial charge in [-0.3, -0.25) is 4.79 Å². The number of nitrogens with zero attached hydrogens (tertiary/aromatic N) is 2. The quantitative estimate of drug-likeness (QED) is 0.850. The summed E-state index contributed by atoms with van der Waals surface area (Å²) >= 11 is 0. The van der Waals surface area contributed by atoms with Gasteiger partial charge in [-0.25, -0.2) is 0 Å². The number of hydrogen-bond donors (Lipinski definition) is 1. The first kappa shape index (κ1) is 12.1. The van der Waals surface area contributed by atoms with Crippen LogP contribution in [0.15, 0.2) is 4.52 Å². The molecular formula is C12H19N3O2. The van der Waals surface area contributed by atoms with Gasteiger partial charge in [-0.05, 0) is 25.8 Å². The average molecular weight is 237 g/mol. The van der Waals surface area contributed by atoms with Gasteiger partial charge in [-0.1, -0.05) is 12.1 Å². The van der Waals surface area contributed by atoms with Crippen LogP contribution in [0.4, 0.5) is 0 Å². The SMILES string of the molecule is CCc1onc(C)c1C(=O)N1CCC(CN)C1. The first-order chi connectivity index (χ1) is 8.17. The molecule has 5 nitrogen and oxygen atoms in total. The highest BCUT2D eigenvalue weighted by Crippen LogP contribution is 2.21. The van der Waals surface area contributed by atoms with Crippen LogP contribution in [0.5, 0.6) is 0 Å². The second-order valence-electron chi connectivity index (χ2n) is 4.56. The van der Waals surface area contributed by atoms with Crippen molar-refractivity contribution in [3.8, 4) is 0 Å². The van der Waals surface area contributed by atoms with Crippen LogP contribution in [0.3, 0.4) is 0 Å². The average Bonchev–Trinajstić information content (AvgIpc) is 2.94. The zero-order valence-corrected chi connectivity index (χ0v) is 10.4. The normalized spacial score (nSPS) is 19.9. The Hall–Kier alpha value is -1.36. The predicted octanol–water partition coefficient (Wildman–Crippen LogP) is 0.966. The molecule has 0 spiro atoms. The van der Waals surface area contributed by atoms with Crippen LogP contribution >= 0.6 is 0 Å². The third-order valence-corrected chi connectivity index (χ3v) is 3.37. The zero-order valence-electron chi connectivity index (χ0n) is 10.4. The molecule has 1 aliphatic rings. The van der Waals surface area contributed by atoms with Crippen molar-refractivity contribution in [1.82, 2.24) is 10.1 Å². The van der Waals surface area contributed by atoms with E-state index in [4.69, 9.17) is 10.3 Å². The number of amides is 1. The fourth-order valence-electron chi connectivity index (χ4n) is 2.30. The minimum absolute atomic E-state index is 0.0385. The van der Waals surface area contributed by atoms with Crippen molar-refractivity contribution in [3.05, 3.63) is 17.0 Å². The molecule has 5 heteroatoms. The van der Waals surface area contributed by atoms with Crippen molar-refractivity contribution < 1.29 is 9.32 Å². The smallest absolute Gasteiger partial charge is 0.259 e. The van der Waals surface area contributed by atoms with Gasteiger partial charge in [0.25, 0.3) is 5.91 Å². The molecule has 1 aromatic heterocycles. The maximum atomic E-state index is 12.4. The molecule has 0 bridgehead atoms. The molecule has 1 unspecified atom stereocenters. The lowest BCUT2D eigenvalue weighted by molar-refractivity contribution is 0.0785. The number of rotatable bonds is 3. The molecule has 0 aliphatic carbocycles. The molecule has 1 aliphatic heterocycles. The molecule has 1 aromatic rings. The fourth-order valence-corrected chi connectivity index (χ4v) is 2.30. The van der Waals surface area contributed by atoms with E-state index in [9.17, 15) is 4.79 Å². The van der Waals surface area contributed by atoms with Crippen molar-refractivity contribution in [2.45, 2.75) is 26.7 Å². The summed E-state index contributed by atoms with van der Waals surface area (Å²) in [5.74, 6) is 1.16. The number of nitrogens with two attached hydrogens (primary N) is 1. The molecule has 1 fully saturated rings. The van der Waals surface area contributed by atoms with Gasteiger partial charge < -0.3 is 15.2 Å². The number of carbonyl (C=O) groups is 1. The third-order valence-electron chi connectivity index (χ3n) is 3.37. The third kappa shape index (κ3) is 2.20. The summed E-state index contributed by atoms with van der Waals surface area (Å²) < 4.78 is 5.16. The van der Waals surface area contributed by atoms with Crippen molar-refractivity contribution in [2.75, 3.05) is 19.6 Å². The number of carbonyl (C=O) groups excluding carboxylic acids is 1. The molecule has 17 heavy (non-hydrogen) atoms. The van der Waals surface area contributed by atoms with Gasteiger partial charge in [-0.15, -0.1) is 0 Å². The number of hydrogen-bond acceptors (Lipinski definition) is 4. The Bertz CT molecular complexity index is 414. The van der Waals surface area contributed by atoms with E-state index in [2.05, 4.69) is 5.16 Å². The van der Waals surface area contributed by atoms with Gasteiger partial charge in [-0.2, -0.15) is 0 Å². The molecule has 94 valence electrons. The lowest BCUT2D eigenvalue weighted by Gasteiger charge is -2.16. The molecule has 0 saturated carbocycles. The van der Waals surface area contributed by atoms with Crippen LogP contribution in [-0.2, 0) is 6.42 Å². The molecule has 2 heterocycles. The minimum Gasteiger partial charge on any atom is -0.360 e. The van der Waals surface area contributed by atoms with E-state index in [-0.39, 0.29) is 5.91 Å². The second kappa shape index (κ2) is 4.87.